The summed E-state index contributed by atoms with van der Waals surface area (Å²) in [6, 6.07) is 0. The van der Waals surface area contributed by atoms with Crippen LogP contribution < -0.4 is 5.32 Å². The molecule has 1 aromatic rings. The summed E-state index contributed by atoms with van der Waals surface area (Å²) >= 11 is 6.01. The summed E-state index contributed by atoms with van der Waals surface area (Å²) in [4.78, 5) is 4.22. The van der Waals surface area contributed by atoms with E-state index in [1.54, 1.807) is 0 Å². The summed E-state index contributed by atoms with van der Waals surface area (Å²) in [5.41, 5.74) is 0. The lowest BCUT2D eigenvalue weighted by Crippen LogP contribution is -2.11. The van der Waals surface area contributed by atoms with Crippen LogP contribution in [-0.2, 0) is 6.54 Å². The van der Waals surface area contributed by atoms with Crippen molar-refractivity contribution in [1.29, 1.82) is 0 Å². The van der Waals surface area contributed by atoms with Gasteiger partial charge in [-0.25, -0.2) is 4.98 Å². The van der Waals surface area contributed by atoms with Crippen LogP contribution in [0.2, 0.25) is 0 Å². The first-order chi connectivity index (χ1) is 6.77. The fourth-order valence-corrected chi connectivity index (χ4v) is 1.39. The van der Waals surface area contributed by atoms with Crippen LogP contribution in [0.5, 0.6) is 0 Å². The van der Waals surface area contributed by atoms with E-state index >= 15 is 0 Å². The summed E-state index contributed by atoms with van der Waals surface area (Å²) in [6.07, 6.45) is 5.78. The lowest BCUT2D eigenvalue weighted by Gasteiger charge is -2.09. The topological polar surface area (TPSA) is 29.9 Å². The van der Waals surface area contributed by atoms with E-state index < -0.39 is 0 Å². The highest BCUT2D eigenvalue weighted by molar-refractivity contribution is 6.20. The van der Waals surface area contributed by atoms with E-state index in [0.29, 0.717) is 0 Å². The number of hydrogen-bond acceptors (Lipinski definition) is 2. The molecular weight excluding hydrogens is 198 g/mol. The van der Waals surface area contributed by atoms with Crippen molar-refractivity contribution in [3.05, 3.63) is 12.4 Å². The Balaban J connectivity index is 2.31. The molecule has 1 aromatic heterocycles. The number of halogens is 1. The van der Waals surface area contributed by atoms with Gasteiger partial charge in [0.25, 0.3) is 0 Å². The lowest BCUT2D eigenvalue weighted by molar-refractivity contribution is 0.728. The van der Waals surface area contributed by atoms with Crippen molar-refractivity contribution >= 4 is 17.5 Å². The summed E-state index contributed by atoms with van der Waals surface area (Å²) in [6.45, 7) is 6.04. The van der Waals surface area contributed by atoms with E-state index in [1.807, 2.05) is 12.4 Å². The Morgan fingerprint density at radius 1 is 1.57 bits per heavy atom. The molecule has 1 rings (SSSR count). The Morgan fingerprint density at radius 3 is 3.00 bits per heavy atom. The van der Waals surface area contributed by atoms with Crippen LogP contribution in [0.1, 0.15) is 26.7 Å². The predicted molar refractivity (Wildman–Crippen MR) is 60.9 cm³/mol. The monoisotopic (exact) mass is 215 g/mol. The minimum atomic E-state index is 0.271. The molecule has 3 nitrogen and oxygen atoms in total. The molecule has 1 N–H and O–H groups in total. The molecular formula is C10H18ClN3. The molecule has 1 heterocycles. The molecule has 0 bridgehead atoms. The number of nitrogens with one attached hydrogen (secondary N) is 1. The maximum Gasteiger partial charge on any atom is 0.202 e. The van der Waals surface area contributed by atoms with Gasteiger partial charge in [-0.2, -0.15) is 0 Å². The van der Waals surface area contributed by atoms with E-state index in [-0.39, 0.29) is 5.38 Å². The molecule has 1 unspecified atom stereocenters. The molecule has 0 radical (unpaired) electrons. The van der Waals surface area contributed by atoms with Gasteiger partial charge in [-0.1, -0.05) is 6.92 Å². The number of rotatable bonds is 6. The van der Waals surface area contributed by atoms with Crippen molar-refractivity contribution in [3.8, 4) is 0 Å². The van der Waals surface area contributed by atoms with Gasteiger partial charge in [0.1, 0.15) is 0 Å². The summed E-state index contributed by atoms with van der Waals surface area (Å²) < 4.78 is 2.08. The Hall–Kier alpha value is -0.700. The normalized spacial score (nSPS) is 12.8. The van der Waals surface area contributed by atoms with Crippen molar-refractivity contribution in [2.24, 2.45) is 0 Å². The number of aromatic nitrogens is 2. The van der Waals surface area contributed by atoms with Gasteiger partial charge in [0.2, 0.25) is 5.95 Å². The van der Waals surface area contributed by atoms with Gasteiger partial charge in [-0.3, -0.25) is 0 Å². The van der Waals surface area contributed by atoms with Gasteiger partial charge in [-0.05, 0) is 19.8 Å². The average Bonchev–Trinajstić information content (AvgIpc) is 2.65. The van der Waals surface area contributed by atoms with Crippen molar-refractivity contribution in [2.75, 3.05) is 11.9 Å². The molecule has 0 aliphatic carbocycles. The quantitative estimate of drug-likeness (QED) is 0.740. The average molecular weight is 216 g/mol. The SMILES string of the molecule is CCC(Cl)CCNc1nccn1CC. The Bertz CT molecular complexity index is 260. The minimum Gasteiger partial charge on any atom is -0.356 e. The molecule has 0 fully saturated rings. The van der Waals surface area contributed by atoms with Crippen molar-refractivity contribution < 1.29 is 0 Å². The number of nitrogens with zero attached hydrogens (tertiary/aromatic N) is 2. The third-order valence-electron chi connectivity index (χ3n) is 2.24. The number of anilines is 1. The maximum atomic E-state index is 6.01. The van der Waals surface area contributed by atoms with Crippen molar-refractivity contribution in [3.63, 3.8) is 0 Å². The van der Waals surface area contributed by atoms with Crippen LogP contribution in [0, 0.1) is 0 Å². The molecule has 4 heteroatoms. The van der Waals surface area contributed by atoms with Gasteiger partial charge in [0.05, 0.1) is 0 Å². The maximum absolute atomic E-state index is 6.01. The number of aryl methyl sites for hydroxylation is 1. The van der Waals surface area contributed by atoms with E-state index in [9.17, 15) is 0 Å². The third-order valence-corrected chi connectivity index (χ3v) is 2.77. The van der Waals surface area contributed by atoms with Gasteiger partial charge in [0.15, 0.2) is 0 Å². The molecule has 0 saturated heterocycles. The highest BCUT2D eigenvalue weighted by Crippen LogP contribution is 2.08. The second-order valence-electron chi connectivity index (χ2n) is 3.26. The van der Waals surface area contributed by atoms with Crippen molar-refractivity contribution in [2.45, 2.75) is 38.6 Å². The first kappa shape index (κ1) is 11.4. The Kier molecular flexibility index (Phi) is 4.80. The highest BCUT2D eigenvalue weighted by Gasteiger charge is 2.02. The van der Waals surface area contributed by atoms with E-state index in [1.165, 1.54) is 0 Å². The zero-order valence-corrected chi connectivity index (χ0v) is 9.59. The Labute approximate surface area is 90.5 Å². The molecule has 0 amide bonds. The number of imidazole rings is 1. The second-order valence-corrected chi connectivity index (χ2v) is 3.88. The molecule has 0 aliphatic rings. The van der Waals surface area contributed by atoms with Gasteiger partial charge in [0, 0.05) is 30.9 Å². The van der Waals surface area contributed by atoms with Crippen molar-refractivity contribution in [1.82, 2.24) is 9.55 Å². The second kappa shape index (κ2) is 5.91. The molecule has 14 heavy (non-hydrogen) atoms. The summed E-state index contributed by atoms with van der Waals surface area (Å²) in [5, 5.41) is 3.55. The number of alkyl halides is 1. The first-order valence-corrected chi connectivity index (χ1v) is 5.60. The highest BCUT2D eigenvalue weighted by atomic mass is 35.5. The smallest absolute Gasteiger partial charge is 0.202 e. The molecule has 0 saturated carbocycles. The van der Waals surface area contributed by atoms with Gasteiger partial charge in [-0.15, -0.1) is 11.6 Å². The fraction of sp³-hybridized carbons (Fsp3) is 0.700. The molecule has 0 spiro atoms. The van der Waals surface area contributed by atoms with Crippen LogP contribution in [0.25, 0.3) is 0 Å². The van der Waals surface area contributed by atoms with Crippen LogP contribution in [0.15, 0.2) is 12.4 Å². The van der Waals surface area contributed by atoms with E-state index in [4.69, 9.17) is 11.6 Å². The van der Waals surface area contributed by atoms with Crippen LogP contribution in [-0.4, -0.2) is 21.5 Å². The van der Waals surface area contributed by atoms with E-state index in [0.717, 1.165) is 31.9 Å². The molecule has 0 aromatic carbocycles. The zero-order chi connectivity index (χ0) is 10.4. The summed E-state index contributed by atoms with van der Waals surface area (Å²) in [5.74, 6) is 0.937. The van der Waals surface area contributed by atoms with Gasteiger partial charge < -0.3 is 9.88 Å². The molecule has 1 atom stereocenters. The Morgan fingerprint density at radius 2 is 2.36 bits per heavy atom. The number of hydrogen-bond donors (Lipinski definition) is 1. The standard InChI is InChI=1S/C10H18ClN3/c1-3-9(11)5-6-12-10-13-7-8-14(10)4-2/h7-9H,3-6H2,1-2H3,(H,12,13). The largest absolute Gasteiger partial charge is 0.356 e. The lowest BCUT2D eigenvalue weighted by atomic mass is 10.2. The van der Waals surface area contributed by atoms with E-state index in [2.05, 4.69) is 28.7 Å². The predicted octanol–water partition coefficient (Wildman–Crippen LogP) is 2.72. The van der Waals surface area contributed by atoms with Crippen LogP contribution >= 0.6 is 11.6 Å². The molecule has 0 aliphatic heterocycles. The van der Waals surface area contributed by atoms with Crippen LogP contribution in [0.3, 0.4) is 0 Å². The summed E-state index contributed by atoms with van der Waals surface area (Å²) in [7, 11) is 0. The zero-order valence-electron chi connectivity index (χ0n) is 8.83. The van der Waals surface area contributed by atoms with Crippen LogP contribution in [0.4, 0.5) is 5.95 Å². The van der Waals surface area contributed by atoms with Gasteiger partial charge >= 0.3 is 0 Å². The molecule has 80 valence electrons. The first-order valence-electron chi connectivity index (χ1n) is 5.17. The minimum absolute atomic E-state index is 0.271. The third kappa shape index (κ3) is 3.22. The fourth-order valence-electron chi connectivity index (χ4n) is 1.28.